The Morgan fingerprint density at radius 3 is 2.52 bits per heavy atom. The lowest BCUT2D eigenvalue weighted by Crippen LogP contribution is -2.46. The van der Waals surface area contributed by atoms with Crippen LogP contribution in [0.2, 0.25) is 0 Å². The van der Waals surface area contributed by atoms with E-state index in [2.05, 4.69) is 29.0 Å². The van der Waals surface area contributed by atoms with Crippen LogP contribution in [-0.2, 0) is 0 Å². The van der Waals surface area contributed by atoms with Crippen molar-refractivity contribution in [3.63, 3.8) is 0 Å². The largest absolute Gasteiger partial charge is 0.491 e. The van der Waals surface area contributed by atoms with Crippen LogP contribution >= 0.6 is 36.2 Å². The maximum atomic E-state index is 12.9. The van der Waals surface area contributed by atoms with E-state index in [1.165, 1.54) is 16.8 Å². The van der Waals surface area contributed by atoms with Gasteiger partial charge in [0.2, 0.25) is 0 Å². The second kappa shape index (κ2) is 11.8. The average Bonchev–Trinajstić information content (AvgIpc) is 3.18. The van der Waals surface area contributed by atoms with Crippen molar-refractivity contribution in [2.75, 3.05) is 38.2 Å². The molecule has 0 radical (unpaired) electrons. The van der Waals surface area contributed by atoms with Gasteiger partial charge in [0.1, 0.15) is 24.3 Å². The molecule has 4 rings (SSSR count). The lowest BCUT2D eigenvalue weighted by atomic mass is 10.0. The number of fused-ring (bicyclic) bond motifs is 1. The molecule has 1 atom stereocenters. The maximum absolute atomic E-state index is 12.9. The Labute approximate surface area is 198 Å². The number of aliphatic hydroxyl groups is 1. The topological polar surface area (TPSA) is 48.8 Å². The number of likely N-dealkylation sites (tertiary alicyclic amines) is 1. The minimum absolute atomic E-state index is 0. The van der Waals surface area contributed by atoms with Crippen molar-refractivity contribution in [2.24, 2.45) is 0 Å². The standard InChI is InChI=1S/C22H26FN3O2S.2ClH/c1-25(22-24-20-4-2-3-5-21(20)29-22)17-10-12-26(13-11-17)14-18(27)15-28-19-8-6-16(23)7-9-19;;/h2-9,17-18,27H,10-15H2,1H3;2*1H/t18-;;/m1../s1. The smallest absolute Gasteiger partial charge is 0.186 e. The number of ether oxygens (including phenoxy) is 1. The highest BCUT2D eigenvalue weighted by atomic mass is 35.5. The van der Waals surface area contributed by atoms with Gasteiger partial charge < -0.3 is 19.6 Å². The molecule has 1 aliphatic rings. The first-order valence-corrected chi connectivity index (χ1v) is 10.8. The molecule has 0 saturated carbocycles. The number of para-hydroxylation sites is 1. The monoisotopic (exact) mass is 487 g/mol. The first-order valence-electron chi connectivity index (χ1n) is 9.95. The predicted molar refractivity (Wildman–Crippen MR) is 130 cm³/mol. The molecule has 0 spiro atoms. The summed E-state index contributed by atoms with van der Waals surface area (Å²) in [5.41, 5.74) is 1.06. The van der Waals surface area contributed by atoms with Gasteiger partial charge in [0, 0.05) is 32.7 Å². The second-order valence-electron chi connectivity index (χ2n) is 7.53. The van der Waals surface area contributed by atoms with E-state index in [1.54, 1.807) is 23.5 Å². The molecule has 31 heavy (non-hydrogen) atoms. The Hall–Kier alpha value is -1.64. The number of rotatable bonds is 7. The van der Waals surface area contributed by atoms with Gasteiger partial charge in [-0.25, -0.2) is 9.37 Å². The highest BCUT2D eigenvalue weighted by Gasteiger charge is 2.25. The van der Waals surface area contributed by atoms with Crippen LogP contribution in [0.15, 0.2) is 48.5 Å². The number of nitrogens with zero attached hydrogens (tertiary/aromatic N) is 3. The molecule has 2 heterocycles. The van der Waals surface area contributed by atoms with Crippen LogP contribution in [0.25, 0.3) is 10.2 Å². The highest BCUT2D eigenvalue weighted by Crippen LogP contribution is 2.30. The summed E-state index contributed by atoms with van der Waals surface area (Å²) in [5.74, 6) is 0.276. The summed E-state index contributed by atoms with van der Waals surface area (Å²) < 4.78 is 19.7. The Kier molecular flexibility index (Phi) is 9.78. The summed E-state index contributed by atoms with van der Waals surface area (Å²) in [6.45, 7) is 2.66. The molecule has 3 aromatic rings. The number of thiazole rings is 1. The van der Waals surface area contributed by atoms with Crippen LogP contribution in [-0.4, -0.2) is 60.4 Å². The van der Waals surface area contributed by atoms with E-state index in [0.717, 1.165) is 36.6 Å². The number of anilines is 1. The van der Waals surface area contributed by atoms with Gasteiger partial charge in [-0.1, -0.05) is 23.5 Å². The minimum Gasteiger partial charge on any atom is -0.491 e. The Morgan fingerprint density at radius 2 is 1.84 bits per heavy atom. The van der Waals surface area contributed by atoms with Crippen molar-refractivity contribution < 1.29 is 14.2 Å². The molecule has 1 aromatic heterocycles. The number of β-amino-alcohol motifs (C(OH)–C–C–N with tert-alkyl or cyclic N) is 1. The molecule has 1 aliphatic heterocycles. The van der Waals surface area contributed by atoms with E-state index >= 15 is 0 Å². The number of hydrogen-bond donors (Lipinski definition) is 1. The van der Waals surface area contributed by atoms with Crippen molar-refractivity contribution in [2.45, 2.75) is 25.0 Å². The third kappa shape index (κ3) is 6.67. The lowest BCUT2D eigenvalue weighted by molar-refractivity contribution is 0.0595. The number of aliphatic hydroxyl groups excluding tert-OH is 1. The first-order chi connectivity index (χ1) is 14.1. The van der Waals surface area contributed by atoms with Crippen molar-refractivity contribution in [3.8, 4) is 5.75 Å². The zero-order chi connectivity index (χ0) is 20.2. The number of halogens is 3. The molecule has 170 valence electrons. The number of aromatic nitrogens is 1. The maximum Gasteiger partial charge on any atom is 0.186 e. The fraction of sp³-hybridized carbons (Fsp3) is 0.409. The zero-order valence-corrected chi connectivity index (χ0v) is 19.8. The first kappa shape index (κ1) is 25.6. The van der Waals surface area contributed by atoms with Gasteiger partial charge in [-0.3, -0.25) is 0 Å². The molecule has 9 heteroatoms. The molecular weight excluding hydrogens is 460 g/mol. The third-order valence-electron chi connectivity index (χ3n) is 5.41. The van der Waals surface area contributed by atoms with Crippen LogP contribution in [0.5, 0.6) is 5.75 Å². The van der Waals surface area contributed by atoms with Gasteiger partial charge in [0.25, 0.3) is 0 Å². The van der Waals surface area contributed by atoms with Crippen molar-refractivity contribution in [1.29, 1.82) is 0 Å². The number of benzene rings is 2. The quantitative estimate of drug-likeness (QED) is 0.526. The summed E-state index contributed by atoms with van der Waals surface area (Å²) in [6, 6.07) is 14.6. The van der Waals surface area contributed by atoms with Crippen LogP contribution in [0.1, 0.15) is 12.8 Å². The molecule has 0 aliphatic carbocycles. The fourth-order valence-electron chi connectivity index (χ4n) is 3.73. The fourth-order valence-corrected chi connectivity index (χ4v) is 4.73. The predicted octanol–water partition coefficient (Wildman–Crippen LogP) is 4.62. The van der Waals surface area contributed by atoms with E-state index in [4.69, 9.17) is 9.72 Å². The molecule has 1 fully saturated rings. The SMILES string of the molecule is CN(c1nc2ccccc2s1)C1CCN(C[C@@H](O)COc2ccc(F)cc2)CC1.Cl.Cl. The molecule has 1 saturated heterocycles. The lowest BCUT2D eigenvalue weighted by Gasteiger charge is -2.37. The number of piperidine rings is 1. The Bertz CT molecular complexity index is 903. The van der Waals surface area contributed by atoms with Gasteiger partial charge in [0.05, 0.1) is 10.2 Å². The zero-order valence-electron chi connectivity index (χ0n) is 17.3. The van der Waals surface area contributed by atoms with Crippen LogP contribution in [0, 0.1) is 5.82 Å². The summed E-state index contributed by atoms with van der Waals surface area (Å²) in [5, 5.41) is 11.4. The Balaban J connectivity index is 0.00000171. The van der Waals surface area contributed by atoms with Gasteiger partial charge in [-0.2, -0.15) is 0 Å². The van der Waals surface area contributed by atoms with E-state index in [1.807, 2.05) is 12.1 Å². The molecule has 5 nitrogen and oxygen atoms in total. The second-order valence-corrected chi connectivity index (χ2v) is 8.53. The molecule has 1 N–H and O–H groups in total. The van der Waals surface area contributed by atoms with E-state index in [-0.39, 0.29) is 37.2 Å². The summed E-state index contributed by atoms with van der Waals surface area (Å²) in [7, 11) is 2.13. The average molecular weight is 488 g/mol. The van der Waals surface area contributed by atoms with Gasteiger partial charge in [0.15, 0.2) is 5.13 Å². The summed E-state index contributed by atoms with van der Waals surface area (Å²) in [6.07, 6.45) is 1.51. The van der Waals surface area contributed by atoms with Gasteiger partial charge in [-0.15, -0.1) is 24.8 Å². The van der Waals surface area contributed by atoms with Crippen molar-refractivity contribution in [3.05, 3.63) is 54.3 Å². The van der Waals surface area contributed by atoms with E-state index < -0.39 is 6.10 Å². The summed E-state index contributed by atoms with van der Waals surface area (Å²) >= 11 is 1.74. The third-order valence-corrected chi connectivity index (χ3v) is 6.54. The van der Waals surface area contributed by atoms with E-state index in [0.29, 0.717) is 18.3 Å². The van der Waals surface area contributed by atoms with Crippen LogP contribution in [0.3, 0.4) is 0 Å². The summed E-state index contributed by atoms with van der Waals surface area (Å²) in [4.78, 5) is 9.35. The van der Waals surface area contributed by atoms with Gasteiger partial charge in [-0.05, 0) is 49.2 Å². The van der Waals surface area contributed by atoms with Crippen molar-refractivity contribution >= 4 is 51.5 Å². The van der Waals surface area contributed by atoms with Crippen molar-refractivity contribution in [1.82, 2.24) is 9.88 Å². The van der Waals surface area contributed by atoms with E-state index in [9.17, 15) is 9.50 Å². The highest BCUT2D eigenvalue weighted by molar-refractivity contribution is 7.22. The molecule has 0 amide bonds. The van der Waals surface area contributed by atoms with Crippen LogP contribution < -0.4 is 9.64 Å². The number of hydrogen-bond acceptors (Lipinski definition) is 6. The molecular formula is C22H28Cl2FN3O2S. The molecule has 0 bridgehead atoms. The van der Waals surface area contributed by atoms with Crippen LogP contribution in [0.4, 0.5) is 9.52 Å². The molecule has 0 unspecified atom stereocenters. The normalized spacial score (nSPS) is 15.7. The minimum atomic E-state index is -0.571. The Morgan fingerprint density at radius 1 is 1.16 bits per heavy atom. The molecule has 2 aromatic carbocycles. The van der Waals surface area contributed by atoms with Gasteiger partial charge >= 0.3 is 0 Å².